The van der Waals surface area contributed by atoms with Gasteiger partial charge in [-0.2, -0.15) is 5.10 Å². The molecule has 0 radical (unpaired) electrons. The van der Waals surface area contributed by atoms with Crippen molar-refractivity contribution in [1.29, 1.82) is 0 Å². The van der Waals surface area contributed by atoms with E-state index in [0.29, 0.717) is 12.8 Å². The average Bonchev–Trinajstić information content (AvgIpc) is 2.64. The van der Waals surface area contributed by atoms with E-state index in [9.17, 15) is 13.2 Å². The second kappa shape index (κ2) is 5.10. The third-order valence-electron chi connectivity index (χ3n) is 3.11. The van der Waals surface area contributed by atoms with E-state index in [-0.39, 0.29) is 28.4 Å². The van der Waals surface area contributed by atoms with Gasteiger partial charge in [0, 0.05) is 23.8 Å². The summed E-state index contributed by atoms with van der Waals surface area (Å²) in [4.78, 5) is 11.7. The first-order valence-corrected chi connectivity index (χ1v) is 7.97. The summed E-state index contributed by atoms with van der Waals surface area (Å²) in [5.41, 5.74) is 0.0388. The van der Waals surface area contributed by atoms with Crippen molar-refractivity contribution in [3.8, 4) is 0 Å². The van der Waals surface area contributed by atoms with Crippen LogP contribution in [-0.4, -0.2) is 43.8 Å². The van der Waals surface area contributed by atoms with Crippen molar-refractivity contribution in [3.05, 3.63) is 11.4 Å². The Labute approximate surface area is 115 Å². The fourth-order valence-corrected chi connectivity index (χ4v) is 3.35. The van der Waals surface area contributed by atoms with E-state index in [0.717, 1.165) is 0 Å². The van der Waals surface area contributed by atoms with Gasteiger partial charge in [0.25, 0.3) is 15.0 Å². The summed E-state index contributed by atoms with van der Waals surface area (Å²) in [6.45, 7) is 1.49. The monoisotopic (exact) mass is 307 g/mol. The van der Waals surface area contributed by atoms with Crippen LogP contribution in [-0.2, 0) is 13.8 Å². The molecule has 2 rings (SSSR count). The number of aromatic amines is 1. The highest BCUT2D eigenvalue weighted by Crippen LogP contribution is 2.25. The van der Waals surface area contributed by atoms with Crippen molar-refractivity contribution < 1.29 is 17.9 Å². The molecule has 106 valence electrons. The molecule has 7 nitrogen and oxygen atoms in total. The summed E-state index contributed by atoms with van der Waals surface area (Å²) >= 11 is 0. The number of aromatic nitrogens is 2. The number of carbonyl (C=O) groups is 1. The van der Waals surface area contributed by atoms with Gasteiger partial charge in [0.2, 0.25) is 0 Å². The van der Waals surface area contributed by atoms with Gasteiger partial charge in [-0.15, -0.1) is 0 Å². The summed E-state index contributed by atoms with van der Waals surface area (Å²) in [5.74, 6) is -0.553. The van der Waals surface area contributed by atoms with E-state index in [2.05, 4.69) is 15.5 Å². The Balaban J connectivity index is 2.13. The number of carbonyl (C=O) groups excluding carboxylic acids is 1. The molecule has 0 aliphatic heterocycles. The number of H-pyrrole nitrogens is 1. The lowest BCUT2D eigenvalue weighted by Crippen LogP contribution is -2.47. The molecule has 1 saturated carbocycles. The summed E-state index contributed by atoms with van der Waals surface area (Å²) in [6, 6.07) is -0.0275. The summed E-state index contributed by atoms with van der Waals surface area (Å²) < 4.78 is 27.9. The first-order chi connectivity index (χ1) is 8.82. The number of amides is 1. The molecule has 0 bridgehead atoms. The van der Waals surface area contributed by atoms with Gasteiger partial charge in [-0.25, -0.2) is 8.42 Å². The zero-order valence-corrected chi connectivity index (χ0v) is 12.0. The average molecular weight is 308 g/mol. The Morgan fingerprint density at radius 3 is 2.68 bits per heavy atom. The summed E-state index contributed by atoms with van der Waals surface area (Å²) in [6.07, 6.45) is 1.55. The van der Waals surface area contributed by atoms with Gasteiger partial charge in [0.15, 0.2) is 5.69 Å². The van der Waals surface area contributed by atoms with Gasteiger partial charge in [0.1, 0.15) is 4.90 Å². The third-order valence-corrected chi connectivity index (χ3v) is 4.56. The van der Waals surface area contributed by atoms with E-state index < -0.39 is 15.0 Å². The van der Waals surface area contributed by atoms with Crippen LogP contribution in [0, 0.1) is 6.92 Å². The van der Waals surface area contributed by atoms with Crippen molar-refractivity contribution in [2.45, 2.75) is 36.8 Å². The minimum absolute atomic E-state index is 0.0275. The molecule has 0 spiro atoms. The number of hydrogen-bond donors (Lipinski definition) is 2. The maximum absolute atomic E-state index is 12.0. The van der Waals surface area contributed by atoms with Crippen LogP contribution >= 0.6 is 10.7 Å². The van der Waals surface area contributed by atoms with E-state index in [4.69, 9.17) is 15.4 Å². The molecular formula is C10H14ClN3O4S. The van der Waals surface area contributed by atoms with E-state index in [1.54, 1.807) is 7.11 Å². The number of rotatable bonds is 4. The van der Waals surface area contributed by atoms with Crippen LogP contribution < -0.4 is 5.32 Å². The number of ether oxygens (including phenoxy) is 1. The minimum atomic E-state index is -4.01. The van der Waals surface area contributed by atoms with Crippen LogP contribution in [0.4, 0.5) is 0 Å². The van der Waals surface area contributed by atoms with Gasteiger partial charge < -0.3 is 10.1 Å². The molecule has 1 aliphatic carbocycles. The second-order valence-corrected chi connectivity index (χ2v) is 6.97. The van der Waals surface area contributed by atoms with Crippen LogP contribution in [0.5, 0.6) is 0 Å². The molecular weight excluding hydrogens is 294 g/mol. The first-order valence-electron chi connectivity index (χ1n) is 5.66. The lowest BCUT2D eigenvalue weighted by atomic mass is 9.89. The predicted octanol–water partition coefficient (Wildman–Crippen LogP) is 0.553. The fourth-order valence-electron chi connectivity index (χ4n) is 2.00. The molecule has 1 aromatic heterocycles. The van der Waals surface area contributed by atoms with Crippen LogP contribution in [0.1, 0.15) is 29.0 Å². The van der Waals surface area contributed by atoms with Gasteiger partial charge >= 0.3 is 0 Å². The third kappa shape index (κ3) is 2.90. The quantitative estimate of drug-likeness (QED) is 0.791. The van der Waals surface area contributed by atoms with Gasteiger partial charge in [-0.3, -0.25) is 9.89 Å². The molecule has 1 aromatic rings. The van der Waals surface area contributed by atoms with Crippen LogP contribution in [0.3, 0.4) is 0 Å². The number of nitrogens with one attached hydrogen (secondary N) is 2. The normalized spacial score (nSPS) is 22.9. The molecule has 9 heteroatoms. The van der Waals surface area contributed by atoms with Gasteiger partial charge in [-0.1, -0.05) is 0 Å². The number of aryl methyl sites for hydroxylation is 1. The van der Waals surface area contributed by atoms with Gasteiger partial charge in [0.05, 0.1) is 11.8 Å². The highest BCUT2D eigenvalue weighted by molar-refractivity contribution is 8.13. The minimum Gasteiger partial charge on any atom is -0.381 e. The molecule has 0 unspecified atom stereocenters. The molecule has 19 heavy (non-hydrogen) atoms. The van der Waals surface area contributed by atoms with Gasteiger partial charge in [-0.05, 0) is 19.8 Å². The van der Waals surface area contributed by atoms with E-state index >= 15 is 0 Å². The molecule has 1 aliphatic rings. The van der Waals surface area contributed by atoms with Crippen molar-refractivity contribution >= 4 is 25.6 Å². The Kier molecular flexibility index (Phi) is 3.84. The molecule has 1 heterocycles. The summed E-state index contributed by atoms with van der Waals surface area (Å²) in [5, 5.41) is 8.85. The standard InChI is InChI=1S/C10H14ClN3O4S/c1-5-9(19(11,16)17)8(14-13-5)10(15)12-6-3-7(4-6)18-2/h6-7H,3-4H2,1-2H3,(H,12,15)(H,13,14). The zero-order chi connectivity index (χ0) is 14.2. The Morgan fingerprint density at radius 2 is 2.16 bits per heavy atom. The fraction of sp³-hybridized carbons (Fsp3) is 0.600. The number of methoxy groups -OCH3 is 1. The number of hydrogen-bond acceptors (Lipinski definition) is 5. The largest absolute Gasteiger partial charge is 0.381 e. The maximum atomic E-state index is 12.0. The molecule has 1 fully saturated rings. The lowest BCUT2D eigenvalue weighted by Gasteiger charge is -2.34. The number of halogens is 1. The summed E-state index contributed by atoms with van der Waals surface area (Å²) in [7, 11) is 2.89. The molecule has 1 amide bonds. The van der Waals surface area contributed by atoms with Crippen molar-refractivity contribution in [3.63, 3.8) is 0 Å². The lowest BCUT2D eigenvalue weighted by molar-refractivity contribution is 0.0175. The number of nitrogens with zero attached hydrogens (tertiary/aromatic N) is 1. The maximum Gasteiger partial charge on any atom is 0.273 e. The van der Waals surface area contributed by atoms with Crippen LogP contribution in [0.2, 0.25) is 0 Å². The van der Waals surface area contributed by atoms with Crippen molar-refractivity contribution in [2.24, 2.45) is 0 Å². The highest BCUT2D eigenvalue weighted by Gasteiger charge is 2.33. The topological polar surface area (TPSA) is 101 Å². The zero-order valence-electron chi connectivity index (χ0n) is 10.4. The molecule has 0 aromatic carbocycles. The molecule has 0 saturated heterocycles. The van der Waals surface area contributed by atoms with E-state index in [1.165, 1.54) is 6.92 Å². The Morgan fingerprint density at radius 1 is 1.53 bits per heavy atom. The van der Waals surface area contributed by atoms with Crippen molar-refractivity contribution in [1.82, 2.24) is 15.5 Å². The SMILES string of the molecule is COC1CC(NC(=O)c2n[nH]c(C)c2S(=O)(=O)Cl)C1. The van der Waals surface area contributed by atoms with Crippen molar-refractivity contribution in [2.75, 3.05) is 7.11 Å². The highest BCUT2D eigenvalue weighted by atomic mass is 35.7. The smallest absolute Gasteiger partial charge is 0.273 e. The Bertz CT molecular complexity index is 592. The Hall–Kier alpha value is -1.12. The first kappa shape index (κ1) is 14.3. The second-order valence-electron chi connectivity index (χ2n) is 4.46. The van der Waals surface area contributed by atoms with Crippen LogP contribution in [0.25, 0.3) is 0 Å². The molecule has 0 atom stereocenters. The molecule has 2 N–H and O–H groups in total. The predicted molar refractivity (Wildman–Crippen MR) is 67.6 cm³/mol. The van der Waals surface area contributed by atoms with Crippen LogP contribution in [0.15, 0.2) is 4.90 Å². The van der Waals surface area contributed by atoms with E-state index in [1.807, 2.05) is 0 Å².